The molecule has 0 aliphatic rings. The number of hydrogen-bond donors (Lipinski definition) is 0. The standard InChI is InChI=1S/C6H5N3O/c1-4-5-2-7-8-3-6(5)9-10-4/h2-3H,1H3. The largest absolute Gasteiger partial charge is 0.360 e. The summed E-state index contributed by atoms with van der Waals surface area (Å²) in [7, 11) is 0. The second kappa shape index (κ2) is 1.76. The fourth-order valence-corrected chi connectivity index (χ4v) is 0.826. The van der Waals surface area contributed by atoms with E-state index in [1.54, 1.807) is 12.4 Å². The molecule has 0 saturated carbocycles. The number of aryl methyl sites for hydroxylation is 1. The van der Waals surface area contributed by atoms with Gasteiger partial charge in [0.05, 0.1) is 17.8 Å². The number of rotatable bonds is 0. The van der Waals surface area contributed by atoms with E-state index < -0.39 is 0 Å². The summed E-state index contributed by atoms with van der Waals surface area (Å²) in [6.45, 7) is 1.84. The van der Waals surface area contributed by atoms with Crippen LogP contribution in [0.1, 0.15) is 5.76 Å². The third-order valence-corrected chi connectivity index (χ3v) is 1.37. The van der Waals surface area contributed by atoms with Crippen LogP contribution < -0.4 is 0 Å². The van der Waals surface area contributed by atoms with E-state index in [1.807, 2.05) is 6.92 Å². The average molecular weight is 135 g/mol. The molecule has 0 aliphatic heterocycles. The molecule has 0 amide bonds. The van der Waals surface area contributed by atoms with Crippen molar-refractivity contribution in [3.05, 3.63) is 18.2 Å². The summed E-state index contributed by atoms with van der Waals surface area (Å²) in [6, 6.07) is 0. The van der Waals surface area contributed by atoms with Crippen molar-refractivity contribution in [1.82, 2.24) is 15.4 Å². The lowest BCUT2D eigenvalue weighted by Crippen LogP contribution is -1.77. The highest BCUT2D eigenvalue weighted by atomic mass is 16.5. The first-order valence-corrected chi connectivity index (χ1v) is 2.90. The molecule has 0 saturated heterocycles. The molecule has 0 atom stereocenters. The Balaban J connectivity index is 2.93. The first-order valence-electron chi connectivity index (χ1n) is 2.90. The van der Waals surface area contributed by atoms with Gasteiger partial charge < -0.3 is 4.52 Å². The molecular weight excluding hydrogens is 130 g/mol. The summed E-state index contributed by atoms with van der Waals surface area (Å²) in [5.41, 5.74) is 0.757. The van der Waals surface area contributed by atoms with Crippen LogP contribution in [0.2, 0.25) is 0 Å². The molecule has 0 unspecified atom stereocenters. The van der Waals surface area contributed by atoms with Crippen LogP contribution in [-0.2, 0) is 0 Å². The maximum Gasteiger partial charge on any atom is 0.143 e. The van der Waals surface area contributed by atoms with Crippen molar-refractivity contribution in [1.29, 1.82) is 0 Å². The van der Waals surface area contributed by atoms with Gasteiger partial charge in [0, 0.05) is 0 Å². The maximum atomic E-state index is 4.88. The van der Waals surface area contributed by atoms with E-state index in [2.05, 4.69) is 15.4 Å². The zero-order valence-electron chi connectivity index (χ0n) is 5.40. The number of aromatic nitrogens is 3. The Morgan fingerprint density at radius 2 is 2.10 bits per heavy atom. The minimum absolute atomic E-state index is 0.757. The number of nitrogens with zero attached hydrogens (tertiary/aromatic N) is 3. The van der Waals surface area contributed by atoms with Gasteiger partial charge in [-0.05, 0) is 6.92 Å². The Labute approximate surface area is 56.9 Å². The highest BCUT2D eigenvalue weighted by molar-refractivity contribution is 5.77. The quantitative estimate of drug-likeness (QED) is 0.539. The zero-order valence-corrected chi connectivity index (χ0v) is 5.40. The molecule has 4 heteroatoms. The van der Waals surface area contributed by atoms with Crippen LogP contribution in [0.25, 0.3) is 10.9 Å². The van der Waals surface area contributed by atoms with Crippen LogP contribution in [0, 0.1) is 6.92 Å². The van der Waals surface area contributed by atoms with Crippen molar-refractivity contribution >= 4 is 10.9 Å². The average Bonchev–Trinajstić information content (AvgIpc) is 2.34. The minimum atomic E-state index is 0.757. The highest BCUT2D eigenvalue weighted by Crippen LogP contribution is 2.12. The van der Waals surface area contributed by atoms with E-state index >= 15 is 0 Å². The molecule has 0 spiro atoms. The van der Waals surface area contributed by atoms with Crippen molar-refractivity contribution in [3.63, 3.8) is 0 Å². The highest BCUT2D eigenvalue weighted by Gasteiger charge is 2.01. The molecule has 0 N–H and O–H groups in total. The van der Waals surface area contributed by atoms with E-state index in [-0.39, 0.29) is 0 Å². The summed E-state index contributed by atoms with van der Waals surface area (Å²) in [4.78, 5) is 0. The lowest BCUT2D eigenvalue weighted by atomic mass is 10.3. The first kappa shape index (κ1) is 5.34. The second-order valence-electron chi connectivity index (χ2n) is 2.03. The van der Waals surface area contributed by atoms with E-state index in [4.69, 9.17) is 4.52 Å². The lowest BCUT2D eigenvalue weighted by Gasteiger charge is -1.80. The van der Waals surface area contributed by atoms with Crippen molar-refractivity contribution in [2.24, 2.45) is 0 Å². The topological polar surface area (TPSA) is 51.8 Å². The third kappa shape index (κ3) is 0.586. The molecule has 4 nitrogen and oxygen atoms in total. The smallest absolute Gasteiger partial charge is 0.143 e. The summed E-state index contributed by atoms with van der Waals surface area (Å²) in [5.74, 6) is 0.782. The lowest BCUT2D eigenvalue weighted by molar-refractivity contribution is 0.405. The zero-order chi connectivity index (χ0) is 6.97. The molecule has 2 aromatic heterocycles. The Kier molecular flexibility index (Phi) is 0.943. The van der Waals surface area contributed by atoms with Crippen molar-refractivity contribution in [2.75, 3.05) is 0 Å². The van der Waals surface area contributed by atoms with Gasteiger partial charge in [-0.1, -0.05) is 5.16 Å². The predicted molar refractivity (Wildman–Crippen MR) is 34.3 cm³/mol. The Bertz CT molecular complexity index is 355. The Morgan fingerprint density at radius 1 is 1.30 bits per heavy atom. The molecule has 2 rings (SSSR count). The van der Waals surface area contributed by atoms with Crippen LogP contribution in [0.4, 0.5) is 0 Å². The van der Waals surface area contributed by atoms with Crippen LogP contribution in [0.5, 0.6) is 0 Å². The molecule has 2 aromatic rings. The van der Waals surface area contributed by atoms with Gasteiger partial charge in [-0.25, -0.2) is 0 Å². The van der Waals surface area contributed by atoms with Crippen LogP contribution in [0.3, 0.4) is 0 Å². The SMILES string of the molecule is Cc1onc2cnncc12. The number of fused-ring (bicyclic) bond motifs is 1. The van der Waals surface area contributed by atoms with E-state index in [1.165, 1.54) is 0 Å². The van der Waals surface area contributed by atoms with E-state index in [9.17, 15) is 0 Å². The molecule has 0 bridgehead atoms. The normalized spacial score (nSPS) is 10.5. The van der Waals surface area contributed by atoms with Crippen molar-refractivity contribution in [2.45, 2.75) is 6.92 Å². The van der Waals surface area contributed by atoms with Crippen LogP contribution in [0.15, 0.2) is 16.9 Å². The maximum absolute atomic E-state index is 4.88. The second-order valence-corrected chi connectivity index (χ2v) is 2.03. The fraction of sp³-hybridized carbons (Fsp3) is 0.167. The summed E-state index contributed by atoms with van der Waals surface area (Å²) in [6.07, 6.45) is 3.22. The van der Waals surface area contributed by atoms with Crippen LogP contribution in [-0.4, -0.2) is 15.4 Å². The minimum Gasteiger partial charge on any atom is -0.360 e. The van der Waals surface area contributed by atoms with Crippen LogP contribution >= 0.6 is 0 Å². The molecule has 10 heavy (non-hydrogen) atoms. The summed E-state index contributed by atoms with van der Waals surface area (Å²) < 4.78 is 4.88. The third-order valence-electron chi connectivity index (χ3n) is 1.37. The van der Waals surface area contributed by atoms with Gasteiger partial charge in [0.2, 0.25) is 0 Å². The van der Waals surface area contributed by atoms with Gasteiger partial charge in [0.1, 0.15) is 11.3 Å². The van der Waals surface area contributed by atoms with Crippen molar-refractivity contribution in [3.8, 4) is 0 Å². The van der Waals surface area contributed by atoms with Gasteiger partial charge in [-0.15, -0.1) is 0 Å². The Hall–Kier alpha value is -1.45. The molecular formula is C6H5N3O. The summed E-state index contributed by atoms with van der Waals surface area (Å²) in [5, 5.41) is 12.0. The predicted octanol–water partition coefficient (Wildman–Crippen LogP) is 0.926. The molecule has 0 aliphatic carbocycles. The van der Waals surface area contributed by atoms with Gasteiger partial charge in [0.15, 0.2) is 0 Å². The molecule has 0 radical (unpaired) electrons. The van der Waals surface area contributed by atoms with E-state index in [0.29, 0.717) is 0 Å². The van der Waals surface area contributed by atoms with E-state index in [0.717, 1.165) is 16.7 Å². The summed E-state index contributed by atoms with van der Waals surface area (Å²) >= 11 is 0. The van der Waals surface area contributed by atoms with Crippen molar-refractivity contribution < 1.29 is 4.52 Å². The fourth-order valence-electron chi connectivity index (χ4n) is 0.826. The molecule has 0 aromatic carbocycles. The van der Waals surface area contributed by atoms with Gasteiger partial charge >= 0.3 is 0 Å². The Morgan fingerprint density at radius 3 is 2.90 bits per heavy atom. The molecule has 2 heterocycles. The monoisotopic (exact) mass is 135 g/mol. The molecule has 0 fully saturated rings. The van der Waals surface area contributed by atoms with Gasteiger partial charge in [-0.2, -0.15) is 10.2 Å². The first-order chi connectivity index (χ1) is 4.88. The van der Waals surface area contributed by atoms with Gasteiger partial charge in [-0.3, -0.25) is 0 Å². The number of hydrogen-bond acceptors (Lipinski definition) is 4. The molecule has 50 valence electrons. The van der Waals surface area contributed by atoms with Gasteiger partial charge in [0.25, 0.3) is 0 Å².